The number of hydrogen-bond acceptors (Lipinski definition) is 5. The molecule has 9 heteroatoms. The van der Waals surface area contributed by atoms with Gasteiger partial charge in [-0.2, -0.15) is 0 Å². The van der Waals surface area contributed by atoms with Crippen molar-refractivity contribution in [1.29, 1.82) is 0 Å². The summed E-state index contributed by atoms with van der Waals surface area (Å²) >= 11 is 14.7. The summed E-state index contributed by atoms with van der Waals surface area (Å²) in [5.41, 5.74) is 1.43. The van der Waals surface area contributed by atoms with Crippen LogP contribution >= 0.6 is 45.9 Å². The summed E-state index contributed by atoms with van der Waals surface area (Å²) < 4.78 is 1.16. The molecule has 2 aromatic heterocycles. The molecule has 1 fully saturated rings. The molecule has 134 valence electrons. The Kier molecular flexibility index (Phi) is 6.33. The number of halogens is 2. The molecule has 1 saturated heterocycles. The zero-order valence-electron chi connectivity index (χ0n) is 13.4. The molecule has 1 aliphatic heterocycles. The Bertz CT molecular complexity index is 775. The monoisotopic (exact) mass is 417 g/mol. The van der Waals surface area contributed by atoms with Gasteiger partial charge in [0.05, 0.1) is 16.6 Å². The summed E-state index contributed by atoms with van der Waals surface area (Å²) in [5, 5.41) is 5.07. The third-order valence-corrected chi connectivity index (χ3v) is 6.18. The van der Waals surface area contributed by atoms with Gasteiger partial charge < -0.3 is 10.2 Å². The molecule has 1 N–H and O–H groups in total. The highest BCUT2D eigenvalue weighted by molar-refractivity contribution is 7.20. The molecule has 3 rings (SSSR count). The fraction of sp³-hybridized carbons (Fsp3) is 0.438. The lowest BCUT2D eigenvalue weighted by Crippen LogP contribution is -2.39. The van der Waals surface area contributed by atoms with Gasteiger partial charge in [-0.25, -0.2) is 4.98 Å². The van der Waals surface area contributed by atoms with Crippen LogP contribution in [0, 0.1) is 0 Å². The molecule has 0 unspecified atom stereocenters. The smallest absolute Gasteiger partial charge is 0.245 e. The molecule has 25 heavy (non-hydrogen) atoms. The minimum Gasteiger partial charge on any atom is -0.333 e. The van der Waals surface area contributed by atoms with Crippen molar-refractivity contribution < 1.29 is 9.59 Å². The van der Waals surface area contributed by atoms with E-state index in [1.807, 2.05) is 5.38 Å². The number of amides is 2. The molecule has 5 nitrogen and oxygen atoms in total. The number of likely N-dealkylation sites (tertiary alicyclic amines) is 1. The summed E-state index contributed by atoms with van der Waals surface area (Å²) in [5.74, 6) is -0.182. The predicted octanol–water partition coefficient (Wildman–Crippen LogP) is 4.91. The van der Waals surface area contributed by atoms with Crippen molar-refractivity contribution in [1.82, 2.24) is 9.88 Å². The molecule has 0 atom stereocenters. The van der Waals surface area contributed by atoms with Crippen LogP contribution in [0.4, 0.5) is 5.13 Å². The van der Waals surface area contributed by atoms with Crippen LogP contribution in [-0.4, -0.2) is 34.8 Å². The number of nitrogens with zero attached hydrogens (tertiary/aromatic N) is 2. The highest BCUT2D eigenvalue weighted by Gasteiger charge is 2.19. The summed E-state index contributed by atoms with van der Waals surface area (Å²) in [7, 11) is 0. The number of hydrogen-bond donors (Lipinski definition) is 1. The minimum atomic E-state index is -0.232. The highest BCUT2D eigenvalue weighted by atomic mass is 35.5. The SMILES string of the molecule is O=C(CN1CCCCCCC1=O)Nc1nc(-c2cc(Cl)sc2Cl)cs1. The van der Waals surface area contributed by atoms with E-state index in [4.69, 9.17) is 23.2 Å². The van der Waals surface area contributed by atoms with Crippen molar-refractivity contribution in [3.8, 4) is 11.3 Å². The molecule has 2 amide bonds. The summed E-state index contributed by atoms with van der Waals surface area (Å²) in [6.07, 6.45) is 4.55. The van der Waals surface area contributed by atoms with Crippen LogP contribution in [0.2, 0.25) is 8.67 Å². The fourth-order valence-electron chi connectivity index (χ4n) is 2.68. The van der Waals surface area contributed by atoms with Gasteiger partial charge in [0.25, 0.3) is 0 Å². The van der Waals surface area contributed by atoms with E-state index in [1.165, 1.54) is 22.7 Å². The van der Waals surface area contributed by atoms with Gasteiger partial charge in [0.2, 0.25) is 11.8 Å². The Labute approximate surface area is 164 Å². The third kappa shape index (κ3) is 4.94. The number of carbonyl (C=O) groups excluding carboxylic acids is 2. The molecule has 0 radical (unpaired) electrons. The van der Waals surface area contributed by atoms with E-state index >= 15 is 0 Å². The molecular formula is C16H17Cl2N3O2S2. The van der Waals surface area contributed by atoms with Gasteiger partial charge in [0.15, 0.2) is 5.13 Å². The maximum atomic E-state index is 12.3. The number of rotatable bonds is 4. The fourth-order valence-corrected chi connectivity index (χ4v) is 4.89. The first kappa shape index (κ1) is 18.6. The third-order valence-electron chi connectivity index (χ3n) is 3.94. The maximum Gasteiger partial charge on any atom is 0.245 e. The zero-order chi connectivity index (χ0) is 17.8. The zero-order valence-corrected chi connectivity index (χ0v) is 16.5. The number of anilines is 1. The van der Waals surface area contributed by atoms with Crippen LogP contribution in [0.15, 0.2) is 11.4 Å². The van der Waals surface area contributed by atoms with Crippen LogP contribution in [0.5, 0.6) is 0 Å². The molecule has 1 aliphatic rings. The van der Waals surface area contributed by atoms with Gasteiger partial charge in [-0.1, -0.05) is 36.0 Å². The van der Waals surface area contributed by atoms with Crippen molar-refractivity contribution in [3.63, 3.8) is 0 Å². The van der Waals surface area contributed by atoms with Crippen LogP contribution in [-0.2, 0) is 9.59 Å². The van der Waals surface area contributed by atoms with E-state index in [0.717, 1.165) is 31.2 Å². The van der Waals surface area contributed by atoms with Gasteiger partial charge in [-0.05, 0) is 18.9 Å². The summed E-state index contributed by atoms with van der Waals surface area (Å²) in [4.78, 5) is 30.4. The Morgan fingerprint density at radius 1 is 1.28 bits per heavy atom. The number of carbonyl (C=O) groups is 2. The average molecular weight is 418 g/mol. The van der Waals surface area contributed by atoms with E-state index in [-0.39, 0.29) is 18.4 Å². The van der Waals surface area contributed by atoms with Crippen LogP contribution in [0.1, 0.15) is 32.1 Å². The van der Waals surface area contributed by atoms with Crippen molar-refractivity contribution in [2.24, 2.45) is 0 Å². The quantitative estimate of drug-likeness (QED) is 0.768. The molecule has 2 aromatic rings. The van der Waals surface area contributed by atoms with E-state index in [9.17, 15) is 9.59 Å². The molecule has 0 spiro atoms. The molecule has 0 aromatic carbocycles. The van der Waals surface area contributed by atoms with E-state index in [1.54, 1.807) is 11.0 Å². The Balaban J connectivity index is 1.61. The molecular weight excluding hydrogens is 401 g/mol. The lowest BCUT2D eigenvalue weighted by atomic mass is 10.1. The van der Waals surface area contributed by atoms with Crippen molar-refractivity contribution >= 4 is 62.8 Å². The Morgan fingerprint density at radius 2 is 2.08 bits per heavy atom. The minimum absolute atomic E-state index is 0.0503. The Hall–Kier alpha value is -1.15. The molecule has 0 aliphatic carbocycles. The van der Waals surface area contributed by atoms with Gasteiger partial charge in [-0.15, -0.1) is 22.7 Å². The standard InChI is InChI=1S/C16H17Cl2N3O2S2/c17-12-7-10(15(18)25-12)11-9-24-16(19-11)20-13(22)8-21-6-4-2-1-3-5-14(21)23/h7,9H,1-6,8H2,(H,19,20,22). The second-order valence-corrected chi connectivity index (χ2v) is 8.95. The number of aromatic nitrogens is 1. The topological polar surface area (TPSA) is 62.3 Å². The first-order valence-corrected chi connectivity index (χ1v) is 10.5. The summed E-state index contributed by atoms with van der Waals surface area (Å²) in [6, 6.07) is 1.76. The number of nitrogens with one attached hydrogen (secondary N) is 1. The molecule has 0 bridgehead atoms. The van der Waals surface area contributed by atoms with Crippen LogP contribution in [0.3, 0.4) is 0 Å². The molecule has 3 heterocycles. The second kappa shape index (κ2) is 8.49. The first-order chi connectivity index (χ1) is 12.0. The van der Waals surface area contributed by atoms with Crippen molar-refractivity contribution in [2.45, 2.75) is 32.1 Å². The van der Waals surface area contributed by atoms with Gasteiger partial charge in [0, 0.05) is 23.9 Å². The first-order valence-electron chi connectivity index (χ1n) is 8.01. The summed E-state index contributed by atoms with van der Waals surface area (Å²) in [6.45, 7) is 0.706. The molecule has 0 saturated carbocycles. The van der Waals surface area contributed by atoms with Gasteiger partial charge >= 0.3 is 0 Å². The van der Waals surface area contributed by atoms with Crippen LogP contribution in [0.25, 0.3) is 11.3 Å². The maximum absolute atomic E-state index is 12.3. The normalized spacial score (nSPS) is 15.8. The van der Waals surface area contributed by atoms with Gasteiger partial charge in [0.1, 0.15) is 4.34 Å². The predicted molar refractivity (Wildman–Crippen MR) is 104 cm³/mol. The van der Waals surface area contributed by atoms with E-state index in [2.05, 4.69) is 10.3 Å². The van der Waals surface area contributed by atoms with Crippen molar-refractivity contribution in [2.75, 3.05) is 18.4 Å². The number of thiophene rings is 1. The van der Waals surface area contributed by atoms with E-state index < -0.39 is 0 Å². The Morgan fingerprint density at radius 3 is 2.84 bits per heavy atom. The number of thiazole rings is 1. The largest absolute Gasteiger partial charge is 0.333 e. The van der Waals surface area contributed by atoms with Crippen LogP contribution < -0.4 is 5.32 Å². The van der Waals surface area contributed by atoms with Gasteiger partial charge in [-0.3, -0.25) is 9.59 Å². The van der Waals surface area contributed by atoms with Crippen molar-refractivity contribution in [3.05, 3.63) is 20.1 Å². The lowest BCUT2D eigenvalue weighted by molar-refractivity contribution is -0.135. The second-order valence-electron chi connectivity index (χ2n) is 5.80. The highest BCUT2D eigenvalue weighted by Crippen LogP contribution is 2.38. The average Bonchev–Trinajstić information content (AvgIpc) is 3.13. The van der Waals surface area contributed by atoms with E-state index in [0.29, 0.717) is 32.5 Å². The lowest BCUT2D eigenvalue weighted by Gasteiger charge is -2.23.